The first-order valence-corrected chi connectivity index (χ1v) is 5.35. The molecule has 86 valence electrons. The summed E-state index contributed by atoms with van der Waals surface area (Å²) in [5, 5.41) is 8.51. The van der Waals surface area contributed by atoms with Crippen molar-refractivity contribution >= 4 is 24.3 Å². The minimum Gasteiger partial charge on any atom is -0.478 e. The molecular weight excluding hydrogens is 236 g/mol. The highest BCUT2D eigenvalue weighted by atomic mass is 32.1. The Labute approximate surface area is 103 Å². The van der Waals surface area contributed by atoms with E-state index in [9.17, 15) is 4.79 Å². The first-order valence-electron chi connectivity index (χ1n) is 4.94. The van der Waals surface area contributed by atoms with Crippen molar-refractivity contribution in [2.45, 2.75) is 0 Å². The second-order valence-electron chi connectivity index (χ2n) is 3.40. The van der Waals surface area contributed by atoms with Gasteiger partial charge in [-0.25, -0.2) is 4.79 Å². The molecule has 17 heavy (non-hydrogen) atoms. The number of rotatable bonds is 3. The van der Waals surface area contributed by atoms with Crippen LogP contribution in [0.25, 0.3) is 11.8 Å². The van der Waals surface area contributed by atoms with E-state index in [4.69, 9.17) is 17.3 Å². The van der Waals surface area contributed by atoms with Crippen LogP contribution in [-0.4, -0.2) is 20.6 Å². The van der Waals surface area contributed by atoms with E-state index in [1.807, 2.05) is 35.0 Å². The molecule has 1 aromatic carbocycles. The quantitative estimate of drug-likeness (QED) is 0.646. The summed E-state index contributed by atoms with van der Waals surface area (Å²) in [7, 11) is 0. The van der Waals surface area contributed by atoms with Gasteiger partial charge in [-0.05, 0) is 36.0 Å². The van der Waals surface area contributed by atoms with Crippen molar-refractivity contribution in [1.82, 2.24) is 9.55 Å². The second kappa shape index (κ2) is 4.80. The highest BCUT2D eigenvalue weighted by molar-refractivity contribution is 7.71. The molecule has 0 atom stereocenters. The Balaban J connectivity index is 2.28. The van der Waals surface area contributed by atoms with Crippen molar-refractivity contribution in [1.29, 1.82) is 0 Å². The van der Waals surface area contributed by atoms with Crippen molar-refractivity contribution < 1.29 is 9.90 Å². The summed E-state index contributed by atoms with van der Waals surface area (Å²) < 4.78 is 2.46. The molecule has 0 aliphatic carbocycles. The first kappa shape index (κ1) is 11.3. The van der Waals surface area contributed by atoms with E-state index in [1.165, 1.54) is 0 Å². The van der Waals surface area contributed by atoms with Crippen LogP contribution in [0.3, 0.4) is 0 Å². The van der Waals surface area contributed by atoms with E-state index in [2.05, 4.69) is 4.98 Å². The van der Waals surface area contributed by atoms with Crippen LogP contribution in [0.5, 0.6) is 0 Å². The van der Waals surface area contributed by atoms with Gasteiger partial charge in [0.25, 0.3) is 0 Å². The Morgan fingerprint density at radius 2 is 2.06 bits per heavy atom. The summed E-state index contributed by atoms with van der Waals surface area (Å²) in [4.78, 5) is 13.3. The number of aromatic amines is 1. The third kappa shape index (κ3) is 2.70. The summed E-state index contributed by atoms with van der Waals surface area (Å²) in [6.07, 6.45) is 6.25. The van der Waals surface area contributed by atoms with Crippen molar-refractivity contribution in [3.8, 4) is 5.69 Å². The Morgan fingerprint density at radius 3 is 2.59 bits per heavy atom. The van der Waals surface area contributed by atoms with Crippen LogP contribution in [0.15, 0.2) is 42.7 Å². The number of carbonyl (C=O) groups is 1. The van der Waals surface area contributed by atoms with Gasteiger partial charge in [0, 0.05) is 24.2 Å². The molecule has 2 N–H and O–H groups in total. The molecule has 4 nitrogen and oxygen atoms in total. The minimum absolute atomic E-state index is 0.624. The lowest BCUT2D eigenvalue weighted by atomic mass is 10.2. The molecule has 0 fully saturated rings. The monoisotopic (exact) mass is 246 g/mol. The number of benzene rings is 1. The van der Waals surface area contributed by atoms with E-state index >= 15 is 0 Å². The zero-order valence-corrected chi connectivity index (χ0v) is 9.65. The van der Waals surface area contributed by atoms with Gasteiger partial charge in [-0.1, -0.05) is 12.1 Å². The number of hydrogen-bond donors (Lipinski definition) is 2. The molecule has 5 heteroatoms. The maximum atomic E-state index is 10.4. The number of carboxylic acid groups (broad SMARTS) is 1. The van der Waals surface area contributed by atoms with Crippen LogP contribution in [0.4, 0.5) is 0 Å². The Bertz CT molecular complexity index is 608. The molecule has 0 unspecified atom stereocenters. The van der Waals surface area contributed by atoms with Gasteiger partial charge in [0.15, 0.2) is 4.77 Å². The number of aromatic nitrogens is 2. The molecule has 1 heterocycles. The highest BCUT2D eigenvalue weighted by Gasteiger charge is 1.97. The lowest BCUT2D eigenvalue weighted by Gasteiger charge is -2.02. The van der Waals surface area contributed by atoms with Gasteiger partial charge in [0.1, 0.15) is 0 Å². The number of H-pyrrole nitrogens is 1. The molecule has 0 saturated carbocycles. The zero-order valence-electron chi connectivity index (χ0n) is 8.83. The lowest BCUT2D eigenvalue weighted by Crippen LogP contribution is -1.91. The van der Waals surface area contributed by atoms with Crippen LogP contribution >= 0.6 is 12.2 Å². The molecule has 0 radical (unpaired) electrons. The average Bonchev–Trinajstić information content (AvgIpc) is 2.73. The number of nitrogens with one attached hydrogen (secondary N) is 1. The van der Waals surface area contributed by atoms with Gasteiger partial charge < -0.3 is 10.1 Å². The molecule has 0 aliphatic heterocycles. The molecule has 0 bridgehead atoms. The predicted molar refractivity (Wildman–Crippen MR) is 67.6 cm³/mol. The van der Waals surface area contributed by atoms with Crippen LogP contribution in [0.1, 0.15) is 5.56 Å². The Hall–Kier alpha value is -2.14. The fourth-order valence-corrected chi connectivity index (χ4v) is 1.67. The fourth-order valence-electron chi connectivity index (χ4n) is 1.44. The molecule has 2 aromatic rings. The van der Waals surface area contributed by atoms with Gasteiger partial charge in [0.05, 0.1) is 0 Å². The highest BCUT2D eigenvalue weighted by Crippen LogP contribution is 2.11. The first-order chi connectivity index (χ1) is 8.16. The van der Waals surface area contributed by atoms with Gasteiger partial charge in [-0.15, -0.1) is 0 Å². The van der Waals surface area contributed by atoms with E-state index in [0.717, 1.165) is 17.3 Å². The molecule has 0 spiro atoms. The second-order valence-corrected chi connectivity index (χ2v) is 3.79. The van der Waals surface area contributed by atoms with Crippen LogP contribution in [0, 0.1) is 4.77 Å². The number of nitrogens with zero attached hydrogens (tertiary/aromatic N) is 1. The number of hydrogen-bond acceptors (Lipinski definition) is 2. The Morgan fingerprint density at radius 1 is 1.35 bits per heavy atom. The summed E-state index contributed by atoms with van der Waals surface area (Å²) in [5.74, 6) is -0.957. The van der Waals surface area contributed by atoms with E-state index in [1.54, 1.807) is 12.3 Å². The molecule has 0 saturated heterocycles. The average molecular weight is 246 g/mol. The van der Waals surface area contributed by atoms with Crippen molar-refractivity contribution in [2.24, 2.45) is 0 Å². The SMILES string of the molecule is O=C(O)C=Cc1ccc(-n2cc[nH]c2=S)cc1. The standard InChI is InChI=1S/C12H10N2O2S/c15-11(16)6-3-9-1-4-10(5-2-9)14-8-7-13-12(14)17/h1-8H,(H,13,17)(H,15,16). The summed E-state index contributed by atoms with van der Waals surface area (Å²) in [6, 6.07) is 7.43. The number of imidazole rings is 1. The number of aliphatic carboxylic acids is 1. The van der Waals surface area contributed by atoms with Gasteiger partial charge in [0.2, 0.25) is 0 Å². The van der Waals surface area contributed by atoms with Gasteiger partial charge in [-0.3, -0.25) is 4.57 Å². The van der Waals surface area contributed by atoms with Gasteiger partial charge in [-0.2, -0.15) is 0 Å². The molecule has 0 amide bonds. The third-order valence-corrected chi connectivity index (χ3v) is 2.55. The molecule has 1 aromatic heterocycles. The predicted octanol–water partition coefficient (Wildman–Crippen LogP) is 2.63. The van der Waals surface area contributed by atoms with Crippen LogP contribution in [0.2, 0.25) is 0 Å². The normalized spacial score (nSPS) is 10.8. The summed E-state index contributed by atoms with van der Waals surface area (Å²) in [6.45, 7) is 0. The molecular formula is C12H10N2O2S. The van der Waals surface area contributed by atoms with Crippen molar-refractivity contribution in [3.63, 3.8) is 0 Å². The molecule has 2 rings (SSSR count). The zero-order chi connectivity index (χ0) is 12.3. The lowest BCUT2D eigenvalue weighted by molar-refractivity contribution is -0.131. The molecule has 0 aliphatic rings. The Kier molecular flexibility index (Phi) is 3.20. The maximum absolute atomic E-state index is 10.4. The van der Waals surface area contributed by atoms with E-state index < -0.39 is 5.97 Å². The van der Waals surface area contributed by atoms with E-state index in [0.29, 0.717) is 4.77 Å². The third-order valence-electron chi connectivity index (χ3n) is 2.24. The van der Waals surface area contributed by atoms with E-state index in [-0.39, 0.29) is 0 Å². The summed E-state index contributed by atoms with van der Waals surface area (Å²) in [5.41, 5.74) is 1.77. The topological polar surface area (TPSA) is 58.0 Å². The smallest absolute Gasteiger partial charge is 0.328 e. The summed E-state index contributed by atoms with van der Waals surface area (Å²) >= 11 is 5.10. The largest absolute Gasteiger partial charge is 0.478 e. The van der Waals surface area contributed by atoms with Crippen molar-refractivity contribution in [3.05, 3.63) is 53.1 Å². The maximum Gasteiger partial charge on any atom is 0.328 e. The van der Waals surface area contributed by atoms with Crippen molar-refractivity contribution in [2.75, 3.05) is 0 Å². The van der Waals surface area contributed by atoms with Crippen LogP contribution in [-0.2, 0) is 4.79 Å². The number of carboxylic acids is 1. The minimum atomic E-state index is -0.957. The van der Waals surface area contributed by atoms with Crippen LogP contribution < -0.4 is 0 Å². The van der Waals surface area contributed by atoms with Gasteiger partial charge >= 0.3 is 5.97 Å². The fraction of sp³-hybridized carbons (Fsp3) is 0.